The van der Waals surface area contributed by atoms with Crippen LogP contribution in [0.3, 0.4) is 0 Å². The second-order valence-electron chi connectivity index (χ2n) is 8.55. The largest absolute Gasteiger partial charge is 0.332 e. The molecule has 0 saturated carbocycles. The van der Waals surface area contributed by atoms with E-state index < -0.39 is 0 Å². The molecular weight excluding hydrogens is 396 g/mol. The van der Waals surface area contributed by atoms with Gasteiger partial charge in [0.05, 0.1) is 22.8 Å². The summed E-state index contributed by atoms with van der Waals surface area (Å²) in [6.45, 7) is 10.3. The van der Waals surface area contributed by atoms with E-state index in [0.29, 0.717) is 10.7 Å². The first-order chi connectivity index (χ1) is 14.1. The van der Waals surface area contributed by atoms with E-state index in [1.165, 1.54) is 21.8 Å². The summed E-state index contributed by atoms with van der Waals surface area (Å²) >= 11 is 1.36. The number of rotatable bonds is 5. The Balaban J connectivity index is 1.86. The van der Waals surface area contributed by atoms with Crippen molar-refractivity contribution in [3.8, 4) is 5.69 Å². The molecule has 1 aromatic carbocycles. The zero-order valence-electron chi connectivity index (χ0n) is 18.3. The molecule has 0 radical (unpaired) electrons. The van der Waals surface area contributed by atoms with Gasteiger partial charge < -0.3 is 10.2 Å². The van der Waals surface area contributed by atoms with E-state index in [-0.39, 0.29) is 23.8 Å². The third kappa shape index (κ3) is 4.79. The first-order valence-corrected chi connectivity index (χ1v) is 10.7. The third-order valence-electron chi connectivity index (χ3n) is 4.79. The maximum absolute atomic E-state index is 12.7. The van der Waals surface area contributed by atoms with Gasteiger partial charge in [0.25, 0.3) is 5.91 Å². The highest BCUT2D eigenvalue weighted by Crippen LogP contribution is 2.27. The molecule has 0 fully saturated rings. The molecule has 0 aliphatic heterocycles. The van der Waals surface area contributed by atoms with Crippen molar-refractivity contribution in [3.05, 3.63) is 63.5 Å². The van der Waals surface area contributed by atoms with E-state index in [9.17, 15) is 9.59 Å². The number of aromatic nitrogens is 2. The van der Waals surface area contributed by atoms with Crippen LogP contribution in [-0.4, -0.2) is 40.1 Å². The number of carbonyl (C=O) groups is 2. The van der Waals surface area contributed by atoms with Crippen molar-refractivity contribution in [2.75, 3.05) is 18.9 Å². The summed E-state index contributed by atoms with van der Waals surface area (Å²) in [5.74, 6) is 0.154. The third-order valence-corrected chi connectivity index (χ3v) is 5.64. The van der Waals surface area contributed by atoms with Crippen LogP contribution in [0.25, 0.3) is 5.69 Å². The first-order valence-electron chi connectivity index (χ1n) is 9.83. The molecule has 0 bridgehead atoms. The second kappa shape index (κ2) is 8.44. The number of nitrogens with one attached hydrogen (secondary N) is 1. The van der Waals surface area contributed by atoms with E-state index >= 15 is 0 Å². The molecule has 3 aromatic rings. The van der Waals surface area contributed by atoms with Crippen molar-refractivity contribution in [3.63, 3.8) is 0 Å². The lowest BCUT2D eigenvalue weighted by Crippen LogP contribution is -2.34. The number of aryl methyl sites for hydroxylation is 2. The molecule has 1 N–H and O–H groups in total. The fourth-order valence-corrected chi connectivity index (χ4v) is 3.84. The smallest absolute Gasteiger partial charge is 0.264 e. The Labute approximate surface area is 181 Å². The van der Waals surface area contributed by atoms with E-state index in [1.807, 2.05) is 43.5 Å². The predicted molar refractivity (Wildman–Crippen MR) is 122 cm³/mol. The monoisotopic (exact) mass is 424 g/mol. The van der Waals surface area contributed by atoms with Crippen LogP contribution in [-0.2, 0) is 10.2 Å². The SMILES string of the molecule is Cc1ccc(-n2nc(C(C)(C)C)cc2NC(=O)CN(C)C(=O)c2cccs2)c(C)c1. The summed E-state index contributed by atoms with van der Waals surface area (Å²) in [6.07, 6.45) is 0. The Kier molecular flexibility index (Phi) is 6.12. The van der Waals surface area contributed by atoms with Crippen LogP contribution in [0.15, 0.2) is 41.8 Å². The van der Waals surface area contributed by atoms with E-state index in [0.717, 1.165) is 16.9 Å². The number of hydrogen-bond donors (Lipinski definition) is 1. The highest BCUT2D eigenvalue weighted by atomic mass is 32.1. The van der Waals surface area contributed by atoms with E-state index in [1.54, 1.807) is 17.8 Å². The van der Waals surface area contributed by atoms with Crippen molar-refractivity contribution in [2.45, 2.75) is 40.0 Å². The van der Waals surface area contributed by atoms with E-state index in [4.69, 9.17) is 5.10 Å². The second-order valence-corrected chi connectivity index (χ2v) is 9.50. The predicted octanol–water partition coefficient (Wildman–Crippen LogP) is 4.56. The molecule has 0 atom stereocenters. The highest BCUT2D eigenvalue weighted by molar-refractivity contribution is 7.12. The Bertz CT molecular complexity index is 1060. The molecule has 0 spiro atoms. The van der Waals surface area contributed by atoms with Crippen molar-refractivity contribution < 1.29 is 9.59 Å². The summed E-state index contributed by atoms with van der Waals surface area (Å²) < 4.78 is 1.77. The van der Waals surface area contributed by atoms with Crippen LogP contribution in [0, 0.1) is 13.8 Å². The lowest BCUT2D eigenvalue weighted by molar-refractivity contribution is -0.116. The molecule has 2 amide bonds. The topological polar surface area (TPSA) is 67.2 Å². The molecule has 0 saturated heterocycles. The Morgan fingerprint density at radius 3 is 2.50 bits per heavy atom. The van der Waals surface area contributed by atoms with Gasteiger partial charge in [-0.1, -0.05) is 44.5 Å². The van der Waals surface area contributed by atoms with Crippen molar-refractivity contribution in [2.24, 2.45) is 0 Å². The number of likely N-dealkylation sites (N-methyl/N-ethyl adjacent to an activating group) is 1. The Morgan fingerprint density at radius 1 is 1.17 bits per heavy atom. The average molecular weight is 425 g/mol. The Hall–Kier alpha value is -2.93. The van der Waals surface area contributed by atoms with Crippen LogP contribution >= 0.6 is 11.3 Å². The molecule has 30 heavy (non-hydrogen) atoms. The molecule has 0 aliphatic rings. The zero-order chi connectivity index (χ0) is 22.1. The van der Waals surface area contributed by atoms with Gasteiger partial charge in [-0.25, -0.2) is 4.68 Å². The Morgan fingerprint density at radius 2 is 1.90 bits per heavy atom. The van der Waals surface area contributed by atoms with Gasteiger partial charge in [-0.05, 0) is 36.9 Å². The summed E-state index contributed by atoms with van der Waals surface area (Å²) in [5, 5.41) is 9.56. The molecule has 3 rings (SSSR count). The van der Waals surface area contributed by atoms with Gasteiger partial charge in [0.15, 0.2) is 0 Å². The minimum Gasteiger partial charge on any atom is -0.332 e. The fourth-order valence-electron chi connectivity index (χ4n) is 3.12. The molecule has 0 aliphatic carbocycles. The molecule has 2 heterocycles. The number of hydrogen-bond acceptors (Lipinski definition) is 4. The van der Waals surface area contributed by atoms with Gasteiger partial charge in [-0.15, -0.1) is 11.3 Å². The van der Waals surface area contributed by atoms with Crippen LogP contribution in [0.2, 0.25) is 0 Å². The van der Waals surface area contributed by atoms with Crippen molar-refractivity contribution in [1.29, 1.82) is 0 Å². The minimum atomic E-state index is -0.270. The van der Waals surface area contributed by atoms with Crippen molar-refractivity contribution in [1.82, 2.24) is 14.7 Å². The molecule has 2 aromatic heterocycles. The zero-order valence-corrected chi connectivity index (χ0v) is 19.1. The molecule has 158 valence electrons. The molecular formula is C23H28N4O2S. The van der Waals surface area contributed by atoms with Gasteiger partial charge in [-0.3, -0.25) is 9.59 Å². The standard InChI is InChI=1S/C23H28N4O2S/c1-15-9-10-17(16(2)12-15)27-20(13-19(25-27)23(3,4)5)24-21(28)14-26(6)22(29)18-8-7-11-30-18/h7-13H,14H2,1-6H3,(H,24,28). The van der Waals surface area contributed by atoms with Gasteiger partial charge in [0.1, 0.15) is 5.82 Å². The number of nitrogens with zero attached hydrogens (tertiary/aromatic N) is 3. The maximum atomic E-state index is 12.7. The van der Waals surface area contributed by atoms with Crippen LogP contribution < -0.4 is 5.32 Å². The minimum absolute atomic E-state index is 0.0420. The van der Waals surface area contributed by atoms with Gasteiger partial charge >= 0.3 is 0 Å². The number of thiophene rings is 1. The van der Waals surface area contributed by atoms with Crippen LogP contribution in [0.4, 0.5) is 5.82 Å². The first kappa shape index (κ1) is 21.8. The number of amides is 2. The quantitative estimate of drug-likeness (QED) is 0.653. The van der Waals surface area contributed by atoms with Crippen LogP contribution in [0.1, 0.15) is 47.3 Å². The average Bonchev–Trinajstić information content (AvgIpc) is 3.31. The lowest BCUT2D eigenvalue weighted by Gasteiger charge is -2.16. The van der Waals surface area contributed by atoms with E-state index in [2.05, 4.69) is 32.2 Å². The summed E-state index contributed by atoms with van der Waals surface area (Å²) in [5.41, 5.74) is 3.85. The summed E-state index contributed by atoms with van der Waals surface area (Å²) in [4.78, 5) is 27.2. The number of carbonyl (C=O) groups excluding carboxylic acids is 2. The van der Waals surface area contributed by atoms with Gasteiger partial charge in [0, 0.05) is 18.5 Å². The number of benzene rings is 1. The molecule has 7 heteroatoms. The summed E-state index contributed by atoms with van der Waals surface area (Å²) in [7, 11) is 1.63. The highest BCUT2D eigenvalue weighted by Gasteiger charge is 2.23. The lowest BCUT2D eigenvalue weighted by atomic mass is 9.92. The van der Waals surface area contributed by atoms with Crippen LogP contribution in [0.5, 0.6) is 0 Å². The normalized spacial score (nSPS) is 11.4. The van der Waals surface area contributed by atoms with Crippen molar-refractivity contribution >= 4 is 29.0 Å². The van der Waals surface area contributed by atoms with Gasteiger partial charge in [0.2, 0.25) is 5.91 Å². The number of anilines is 1. The molecule has 6 nitrogen and oxygen atoms in total. The summed E-state index contributed by atoms with van der Waals surface area (Å²) in [6, 6.07) is 11.6. The van der Waals surface area contributed by atoms with Gasteiger partial charge in [-0.2, -0.15) is 5.10 Å². The fraction of sp³-hybridized carbons (Fsp3) is 0.348. The molecule has 0 unspecified atom stereocenters. The maximum Gasteiger partial charge on any atom is 0.264 e.